The fraction of sp³-hybridized carbons (Fsp3) is 0.343. The second-order valence-electron chi connectivity index (χ2n) is 14.6. The number of benzene rings is 2. The first kappa shape index (κ1) is 43.0. The molecule has 1 saturated carbocycles. The summed E-state index contributed by atoms with van der Waals surface area (Å²) in [5, 5.41) is 10.4. The molecule has 3 aliphatic rings. The predicted molar refractivity (Wildman–Crippen MR) is 201 cm³/mol. The van der Waals surface area contributed by atoms with Gasteiger partial charge in [0.05, 0.1) is 40.5 Å². The summed E-state index contributed by atoms with van der Waals surface area (Å²) in [4.78, 5) is 23.6. The summed E-state index contributed by atoms with van der Waals surface area (Å²) in [6.45, 7) is -1.46. The molecule has 0 bridgehead atoms. The molecular formula is C35H27ClF9N9O6S2. The minimum Gasteiger partial charge on any atom is -0.355 e. The Labute approximate surface area is 348 Å². The van der Waals surface area contributed by atoms with E-state index in [1.54, 1.807) is 0 Å². The molecule has 5 aromatic rings. The molecule has 4 heterocycles. The number of amidine groups is 1. The number of aliphatic imine (C=N–C) groups is 1. The number of rotatable bonds is 12. The van der Waals surface area contributed by atoms with Gasteiger partial charge in [0.2, 0.25) is 21.8 Å². The van der Waals surface area contributed by atoms with Gasteiger partial charge in [-0.05, 0) is 48.2 Å². The van der Waals surface area contributed by atoms with Crippen LogP contribution in [0.3, 0.4) is 0 Å². The highest BCUT2D eigenvalue weighted by atomic mass is 35.5. The van der Waals surface area contributed by atoms with Crippen molar-refractivity contribution in [3.8, 4) is 5.88 Å². The highest BCUT2D eigenvalue weighted by Gasteiger charge is 2.67. The maximum atomic E-state index is 15.4. The molecule has 3 aromatic heterocycles. The Morgan fingerprint density at radius 3 is 2.39 bits per heavy atom. The van der Waals surface area contributed by atoms with Crippen LogP contribution in [-0.4, -0.2) is 70.9 Å². The van der Waals surface area contributed by atoms with Crippen LogP contribution in [0.25, 0.3) is 10.9 Å². The van der Waals surface area contributed by atoms with E-state index in [1.807, 2.05) is 0 Å². The third kappa shape index (κ3) is 7.75. The van der Waals surface area contributed by atoms with E-state index in [-0.39, 0.29) is 62.9 Å². The molecule has 8 rings (SSSR count). The third-order valence-corrected chi connectivity index (χ3v) is 12.0. The number of hydrogen-bond acceptors (Lipinski definition) is 11. The quantitative estimate of drug-likeness (QED) is 0.0816. The number of pyridine rings is 1. The van der Waals surface area contributed by atoms with Crippen LogP contribution in [0, 0.1) is 17.6 Å². The lowest BCUT2D eigenvalue weighted by molar-refractivity contribution is -0.122. The molecule has 62 heavy (non-hydrogen) atoms. The average Bonchev–Trinajstić information content (AvgIpc) is 3.68. The van der Waals surface area contributed by atoms with Crippen molar-refractivity contribution in [2.45, 2.75) is 55.7 Å². The van der Waals surface area contributed by atoms with E-state index < -0.39 is 109 Å². The topological polar surface area (TPSA) is 183 Å². The Morgan fingerprint density at radius 1 is 1.05 bits per heavy atom. The van der Waals surface area contributed by atoms with E-state index in [2.05, 4.69) is 34.4 Å². The van der Waals surface area contributed by atoms with Crippen molar-refractivity contribution in [3.63, 3.8) is 0 Å². The number of amides is 1. The molecule has 2 N–H and O–H groups in total. The SMILES string of the molecule is Cn1nc(NS(C)(=O)=O)c2c(Cl)ccc(N3Cc4ccc(OS(=O)(=O)C(F)(F)F)nc4N=C3[C@H](Cc3cc(F)cc(F)c3)NC(=O)Cn3nc(C(F)F)c4c3C(F)(F)[C@@H]3C[C@H]43)c21. The molecule has 0 spiro atoms. The second-order valence-corrected chi connectivity index (χ2v) is 18.3. The number of anilines is 2. The molecule has 27 heteroatoms. The molecule has 0 saturated heterocycles. The maximum Gasteiger partial charge on any atom is 0.534 e. The number of sulfonamides is 1. The molecule has 1 amide bonds. The summed E-state index contributed by atoms with van der Waals surface area (Å²) in [5.74, 6) is -11.2. The van der Waals surface area contributed by atoms with E-state index in [1.165, 1.54) is 28.8 Å². The molecule has 2 aliphatic carbocycles. The zero-order valence-electron chi connectivity index (χ0n) is 31.4. The molecule has 15 nitrogen and oxygen atoms in total. The van der Waals surface area contributed by atoms with E-state index in [0.717, 1.165) is 30.5 Å². The van der Waals surface area contributed by atoms with E-state index in [0.29, 0.717) is 10.7 Å². The van der Waals surface area contributed by atoms with Crippen LogP contribution < -0.4 is 19.1 Å². The van der Waals surface area contributed by atoms with Gasteiger partial charge in [0.15, 0.2) is 11.6 Å². The minimum absolute atomic E-state index is 0.0160. The predicted octanol–water partition coefficient (Wildman–Crippen LogP) is 6.32. The second kappa shape index (κ2) is 14.7. The Morgan fingerprint density at radius 2 is 1.74 bits per heavy atom. The first-order valence-electron chi connectivity index (χ1n) is 17.8. The van der Waals surface area contributed by atoms with Crippen LogP contribution in [0.5, 0.6) is 5.88 Å². The van der Waals surface area contributed by atoms with E-state index in [9.17, 15) is 52.4 Å². The van der Waals surface area contributed by atoms with Gasteiger partial charge in [0.1, 0.15) is 35.4 Å². The summed E-state index contributed by atoms with van der Waals surface area (Å²) < 4.78 is 184. The zero-order chi connectivity index (χ0) is 45.0. The van der Waals surface area contributed by atoms with Crippen LogP contribution in [0.1, 0.15) is 46.8 Å². The number of hydrogen-bond donors (Lipinski definition) is 2. The van der Waals surface area contributed by atoms with Crippen LogP contribution in [0.2, 0.25) is 5.02 Å². The lowest BCUT2D eigenvalue weighted by atomic mass is 10.0. The van der Waals surface area contributed by atoms with Gasteiger partial charge in [0, 0.05) is 42.6 Å². The smallest absolute Gasteiger partial charge is 0.355 e. The number of aryl methyl sites for hydroxylation is 1. The monoisotopic (exact) mass is 939 g/mol. The Balaban J connectivity index is 1.28. The van der Waals surface area contributed by atoms with E-state index in [4.69, 9.17) is 11.6 Å². The van der Waals surface area contributed by atoms with Crippen molar-refractivity contribution in [1.82, 2.24) is 29.9 Å². The van der Waals surface area contributed by atoms with Crippen molar-refractivity contribution in [1.29, 1.82) is 0 Å². The largest absolute Gasteiger partial charge is 0.534 e. The normalized spacial score (nSPS) is 18.6. The van der Waals surface area contributed by atoms with Crippen molar-refractivity contribution in [2.24, 2.45) is 18.0 Å². The van der Waals surface area contributed by atoms with Crippen molar-refractivity contribution >= 4 is 71.7 Å². The van der Waals surface area contributed by atoms with Crippen molar-refractivity contribution in [2.75, 3.05) is 15.9 Å². The molecule has 3 atom stereocenters. The number of alkyl halides is 7. The zero-order valence-corrected chi connectivity index (χ0v) is 33.7. The van der Waals surface area contributed by atoms with Gasteiger partial charge in [-0.25, -0.2) is 31.0 Å². The highest BCUT2D eigenvalue weighted by molar-refractivity contribution is 7.92. The standard InChI is InChI=1S/C35H27ClF9N9O6S2/c1-52-28-22(5-4-20(36)26(28)32(50-52)51-61(2,56)57)53-12-15-3-6-24(60-62(58,59)35(43,44)45)47-31(15)48-33(53)21(9-14-7-16(37)10-17(38)8-14)46-23(55)13-54-29-25(27(49-54)30(39)40)18-11-19(18)34(29,41)42/h3-8,10,18-19,21,30H,9,11-13H2,1-2H3,(H,46,55)(H,50,51)/t18-,19+,21-/m0/s1. The number of carbonyl (C=O) groups is 1. The van der Waals surface area contributed by atoms with Crippen LogP contribution in [0.4, 0.5) is 56.8 Å². The molecule has 0 unspecified atom stereocenters. The Bertz CT molecular complexity index is 2940. The lowest BCUT2D eigenvalue weighted by Gasteiger charge is -2.35. The summed E-state index contributed by atoms with van der Waals surface area (Å²) in [5.41, 5.74) is -7.88. The van der Waals surface area contributed by atoms with Gasteiger partial charge >= 0.3 is 15.6 Å². The number of halogens is 10. The molecule has 1 aliphatic heterocycles. The fourth-order valence-electron chi connectivity index (χ4n) is 7.73. The van der Waals surface area contributed by atoms with Gasteiger partial charge < -0.3 is 14.4 Å². The highest BCUT2D eigenvalue weighted by Crippen LogP contribution is 2.68. The average molecular weight is 940 g/mol. The molecule has 330 valence electrons. The first-order chi connectivity index (χ1) is 28.8. The summed E-state index contributed by atoms with van der Waals surface area (Å²) in [6.07, 6.45) is -3.06. The summed E-state index contributed by atoms with van der Waals surface area (Å²) >= 11 is 6.55. The molecular weight excluding hydrogens is 913 g/mol. The minimum atomic E-state index is -6.25. The van der Waals surface area contributed by atoms with Crippen LogP contribution in [-0.2, 0) is 57.4 Å². The van der Waals surface area contributed by atoms with Crippen molar-refractivity contribution in [3.05, 3.63) is 87.2 Å². The number of carbonyl (C=O) groups excluding carboxylic acids is 1. The number of fused-ring (bicyclic) bond motifs is 5. The van der Waals surface area contributed by atoms with Gasteiger partial charge in [-0.3, -0.25) is 18.9 Å². The molecule has 1 fully saturated rings. The van der Waals surface area contributed by atoms with Crippen molar-refractivity contribution < 1.29 is 65.3 Å². The van der Waals surface area contributed by atoms with Crippen LogP contribution >= 0.6 is 11.6 Å². The third-order valence-electron chi connectivity index (χ3n) is 10.2. The number of nitrogens with zero attached hydrogens (tertiary/aromatic N) is 7. The van der Waals surface area contributed by atoms with Gasteiger partial charge in [-0.1, -0.05) is 11.6 Å². The summed E-state index contributed by atoms with van der Waals surface area (Å²) in [7, 11) is -8.80. The summed E-state index contributed by atoms with van der Waals surface area (Å²) in [6, 6.07) is 5.32. The lowest BCUT2D eigenvalue weighted by Crippen LogP contribution is -2.51. The first-order valence-corrected chi connectivity index (χ1v) is 21.5. The Kier molecular flexibility index (Phi) is 10.2. The van der Waals surface area contributed by atoms with Gasteiger partial charge in [-0.15, -0.1) is 0 Å². The van der Waals surface area contributed by atoms with Gasteiger partial charge in [0.25, 0.3) is 12.3 Å². The number of aromatic nitrogens is 5. The molecule has 2 aromatic carbocycles. The maximum absolute atomic E-state index is 15.4. The fourth-order valence-corrected chi connectivity index (χ4v) is 8.88. The number of nitrogens with one attached hydrogen (secondary N) is 2. The van der Waals surface area contributed by atoms with Crippen LogP contribution in [0.15, 0.2) is 47.5 Å². The van der Waals surface area contributed by atoms with E-state index >= 15 is 8.78 Å². The van der Waals surface area contributed by atoms with Gasteiger partial charge in [-0.2, -0.15) is 45.6 Å². The molecule has 0 radical (unpaired) electrons. The Hall–Kier alpha value is -5.63.